The van der Waals surface area contributed by atoms with Crippen molar-refractivity contribution in [3.05, 3.63) is 60.8 Å². The lowest BCUT2D eigenvalue weighted by Gasteiger charge is -2.05. The quantitative estimate of drug-likeness (QED) is 0.533. The van der Waals surface area contributed by atoms with Gasteiger partial charge >= 0.3 is 0 Å². The molecule has 2 heteroatoms. The molecule has 1 aromatic carbocycles. The standard InChI is InChI=1S/C20H22NS/c1-4-10-17-16-11-6-7-13-19(16)22-20(17)18-12-8-9-14-21(18)15(3)5-2/h6-9,11-14H,3-5,10H2,1-2H3/q+1. The summed E-state index contributed by atoms with van der Waals surface area (Å²) in [5.74, 6) is 0. The molecule has 0 unspecified atom stereocenters. The summed E-state index contributed by atoms with van der Waals surface area (Å²) >= 11 is 1.90. The van der Waals surface area contributed by atoms with Crippen LogP contribution in [0.1, 0.15) is 32.3 Å². The van der Waals surface area contributed by atoms with Crippen LogP contribution in [-0.2, 0) is 6.42 Å². The van der Waals surface area contributed by atoms with Gasteiger partial charge < -0.3 is 0 Å². The molecule has 2 aromatic heterocycles. The molecule has 22 heavy (non-hydrogen) atoms. The zero-order valence-electron chi connectivity index (χ0n) is 13.3. The van der Waals surface area contributed by atoms with Gasteiger partial charge in [-0.2, -0.15) is 4.57 Å². The maximum atomic E-state index is 4.23. The minimum Gasteiger partial charge on any atom is -0.164 e. The monoisotopic (exact) mass is 308 g/mol. The first-order valence-corrected chi connectivity index (χ1v) is 8.77. The van der Waals surface area contributed by atoms with Gasteiger partial charge in [0.15, 0.2) is 11.9 Å². The van der Waals surface area contributed by atoms with Crippen LogP contribution in [0.25, 0.3) is 26.4 Å². The molecule has 0 fully saturated rings. The molecular formula is C20H22NS+. The predicted octanol–water partition coefficient (Wildman–Crippen LogP) is 5.69. The van der Waals surface area contributed by atoms with Gasteiger partial charge in [0.05, 0.1) is 0 Å². The van der Waals surface area contributed by atoms with E-state index in [9.17, 15) is 0 Å². The second-order valence-electron chi connectivity index (χ2n) is 5.53. The summed E-state index contributed by atoms with van der Waals surface area (Å²) in [5, 5.41) is 1.40. The summed E-state index contributed by atoms with van der Waals surface area (Å²) < 4.78 is 3.61. The molecule has 0 aliphatic rings. The van der Waals surface area contributed by atoms with E-state index in [1.165, 1.54) is 26.2 Å². The first-order valence-electron chi connectivity index (χ1n) is 7.95. The molecule has 3 rings (SSSR count). The van der Waals surface area contributed by atoms with E-state index in [1.807, 2.05) is 11.3 Å². The summed E-state index contributed by atoms with van der Waals surface area (Å²) in [7, 11) is 0. The van der Waals surface area contributed by atoms with Crippen molar-refractivity contribution in [2.45, 2.75) is 33.1 Å². The third-order valence-electron chi connectivity index (χ3n) is 4.04. The Hall–Kier alpha value is -1.93. The Balaban J connectivity index is 2.26. The molecule has 2 heterocycles. The van der Waals surface area contributed by atoms with Crippen molar-refractivity contribution in [2.75, 3.05) is 0 Å². The van der Waals surface area contributed by atoms with Crippen molar-refractivity contribution in [1.29, 1.82) is 0 Å². The van der Waals surface area contributed by atoms with Crippen LogP contribution in [0.15, 0.2) is 55.2 Å². The van der Waals surface area contributed by atoms with E-state index in [4.69, 9.17) is 0 Å². The predicted molar refractivity (Wildman–Crippen MR) is 97.1 cm³/mol. The van der Waals surface area contributed by atoms with Gasteiger partial charge in [-0.05, 0) is 36.1 Å². The molecule has 1 nitrogen and oxygen atoms in total. The number of hydrogen-bond donors (Lipinski definition) is 0. The molecule has 0 aliphatic carbocycles. The highest BCUT2D eigenvalue weighted by molar-refractivity contribution is 7.22. The maximum absolute atomic E-state index is 4.23. The topological polar surface area (TPSA) is 3.88 Å². The zero-order valence-corrected chi connectivity index (χ0v) is 14.1. The third kappa shape index (κ3) is 2.59. The molecule has 0 saturated carbocycles. The van der Waals surface area contributed by atoms with E-state index in [0.29, 0.717) is 0 Å². The van der Waals surface area contributed by atoms with Gasteiger partial charge in [-0.3, -0.25) is 0 Å². The van der Waals surface area contributed by atoms with Gasteiger partial charge in [0.25, 0.3) is 0 Å². The fraction of sp³-hybridized carbons (Fsp3) is 0.250. The Morgan fingerprint density at radius 3 is 2.64 bits per heavy atom. The average Bonchev–Trinajstić information content (AvgIpc) is 2.93. The fourth-order valence-corrected chi connectivity index (χ4v) is 4.15. The fourth-order valence-electron chi connectivity index (χ4n) is 2.88. The van der Waals surface area contributed by atoms with Crippen LogP contribution in [-0.4, -0.2) is 0 Å². The van der Waals surface area contributed by atoms with Crippen molar-refractivity contribution in [3.8, 4) is 10.6 Å². The summed E-state index contributed by atoms with van der Waals surface area (Å²) in [5.41, 5.74) is 3.88. The minimum atomic E-state index is 0.954. The molecule has 0 aliphatic heterocycles. The number of benzene rings is 1. The molecule has 0 N–H and O–H groups in total. The highest BCUT2D eigenvalue weighted by Gasteiger charge is 2.21. The van der Waals surface area contributed by atoms with Crippen LogP contribution in [0.2, 0.25) is 0 Å². The Labute approximate surface area is 136 Å². The molecule has 0 bridgehead atoms. The molecule has 0 spiro atoms. The summed E-state index contributed by atoms with van der Waals surface area (Å²) in [4.78, 5) is 1.39. The first kappa shape index (κ1) is 15.0. The van der Waals surface area contributed by atoms with Gasteiger partial charge in [0, 0.05) is 23.3 Å². The van der Waals surface area contributed by atoms with Crippen LogP contribution < -0.4 is 4.57 Å². The number of fused-ring (bicyclic) bond motifs is 1. The van der Waals surface area contributed by atoms with Crippen molar-refractivity contribution in [3.63, 3.8) is 0 Å². The maximum Gasteiger partial charge on any atom is 0.228 e. The summed E-state index contributed by atoms with van der Waals surface area (Å²) in [6, 6.07) is 15.2. The number of rotatable bonds is 5. The van der Waals surface area contributed by atoms with Crippen LogP contribution in [0, 0.1) is 0 Å². The third-order valence-corrected chi connectivity index (χ3v) is 5.28. The van der Waals surface area contributed by atoms with E-state index in [0.717, 1.165) is 25.0 Å². The van der Waals surface area contributed by atoms with Crippen LogP contribution in [0.3, 0.4) is 0 Å². The summed E-state index contributed by atoms with van der Waals surface area (Å²) in [6.07, 6.45) is 5.36. The molecule has 0 atom stereocenters. The second kappa shape index (κ2) is 6.45. The number of thiophene rings is 1. The number of aromatic nitrogens is 1. The van der Waals surface area contributed by atoms with Crippen LogP contribution in [0.5, 0.6) is 0 Å². The van der Waals surface area contributed by atoms with Crippen LogP contribution in [0.4, 0.5) is 0 Å². The van der Waals surface area contributed by atoms with Gasteiger partial charge in [-0.15, -0.1) is 11.3 Å². The number of aryl methyl sites for hydroxylation is 1. The van der Waals surface area contributed by atoms with Gasteiger partial charge in [0.2, 0.25) is 5.69 Å². The molecule has 3 aromatic rings. The largest absolute Gasteiger partial charge is 0.228 e. The van der Waals surface area contributed by atoms with Gasteiger partial charge in [0.1, 0.15) is 4.88 Å². The van der Waals surface area contributed by atoms with E-state index >= 15 is 0 Å². The Morgan fingerprint density at radius 1 is 1.09 bits per heavy atom. The molecule has 0 saturated heterocycles. The molecule has 0 amide bonds. The summed E-state index contributed by atoms with van der Waals surface area (Å²) in [6.45, 7) is 8.63. The number of pyridine rings is 1. The lowest BCUT2D eigenvalue weighted by atomic mass is 10.0. The zero-order chi connectivity index (χ0) is 15.5. The first-order chi connectivity index (χ1) is 10.8. The highest BCUT2D eigenvalue weighted by Crippen LogP contribution is 2.38. The molecule has 0 radical (unpaired) electrons. The van der Waals surface area contributed by atoms with E-state index in [1.54, 1.807) is 0 Å². The number of allylic oxidation sites excluding steroid dienone is 1. The SMILES string of the molecule is C=C(CC)[n+]1ccccc1-c1sc2ccccc2c1CCC. The van der Waals surface area contributed by atoms with Crippen LogP contribution >= 0.6 is 11.3 Å². The van der Waals surface area contributed by atoms with Crippen molar-refractivity contribution in [2.24, 2.45) is 0 Å². The Bertz CT molecular complexity index is 813. The number of nitrogens with zero attached hydrogens (tertiary/aromatic N) is 1. The van der Waals surface area contributed by atoms with Crippen molar-refractivity contribution >= 4 is 27.1 Å². The minimum absolute atomic E-state index is 0.954. The smallest absolute Gasteiger partial charge is 0.164 e. The average molecular weight is 308 g/mol. The van der Waals surface area contributed by atoms with E-state index in [-0.39, 0.29) is 0 Å². The normalized spacial score (nSPS) is 11.0. The highest BCUT2D eigenvalue weighted by atomic mass is 32.1. The lowest BCUT2D eigenvalue weighted by molar-refractivity contribution is -0.570. The lowest BCUT2D eigenvalue weighted by Crippen LogP contribution is -2.33. The van der Waals surface area contributed by atoms with E-state index < -0.39 is 0 Å². The van der Waals surface area contributed by atoms with Crippen molar-refractivity contribution < 1.29 is 4.57 Å². The Morgan fingerprint density at radius 2 is 1.86 bits per heavy atom. The van der Waals surface area contributed by atoms with Crippen molar-refractivity contribution in [1.82, 2.24) is 0 Å². The molecule has 112 valence electrons. The second-order valence-corrected chi connectivity index (χ2v) is 6.58. The Kier molecular flexibility index (Phi) is 4.39. The van der Waals surface area contributed by atoms with E-state index in [2.05, 4.69) is 73.7 Å². The van der Waals surface area contributed by atoms with Gasteiger partial charge in [-0.1, -0.05) is 38.5 Å². The number of hydrogen-bond acceptors (Lipinski definition) is 1. The molecular weight excluding hydrogens is 286 g/mol. The van der Waals surface area contributed by atoms with Gasteiger partial charge in [-0.25, -0.2) is 0 Å².